The number of piperidine rings is 1. The van der Waals surface area contributed by atoms with Crippen LogP contribution in [0.5, 0.6) is 0 Å². The quantitative estimate of drug-likeness (QED) is 0.779. The molecule has 3 nitrogen and oxygen atoms in total. The van der Waals surface area contributed by atoms with Gasteiger partial charge in [-0.15, -0.1) is 0 Å². The zero-order valence-corrected chi connectivity index (χ0v) is 10.3. The van der Waals surface area contributed by atoms with Crippen molar-refractivity contribution in [2.24, 2.45) is 5.92 Å². The van der Waals surface area contributed by atoms with Gasteiger partial charge in [0, 0.05) is 17.4 Å². The van der Waals surface area contributed by atoms with Crippen molar-refractivity contribution >= 4 is 22.0 Å². The minimum absolute atomic E-state index is 0.167. The summed E-state index contributed by atoms with van der Waals surface area (Å²) in [5.41, 5.74) is 0. The average molecular weight is 264 g/mol. The first-order chi connectivity index (χ1) is 6.56. The molecule has 1 heterocycles. The van der Waals surface area contributed by atoms with E-state index in [1.165, 1.54) is 0 Å². The van der Waals surface area contributed by atoms with E-state index in [0.717, 1.165) is 24.6 Å². The molecule has 0 saturated carbocycles. The minimum Gasteiger partial charge on any atom is -0.465 e. The standard InChI is InChI=1S/C10H18BrNO2/c1-7-5-9(3-4-11)6-8(2)12(7)10(13)14/h7-9H,3-6H2,1-2H3,(H,13,14). The molecule has 0 aliphatic carbocycles. The molecule has 2 unspecified atom stereocenters. The minimum atomic E-state index is -0.776. The summed E-state index contributed by atoms with van der Waals surface area (Å²) in [7, 11) is 0. The summed E-state index contributed by atoms with van der Waals surface area (Å²) in [6.07, 6.45) is 2.38. The predicted octanol–water partition coefficient (Wildman–Crippen LogP) is 2.94. The van der Waals surface area contributed by atoms with Gasteiger partial charge < -0.3 is 10.0 Å². The number of halogens is 1. The van der Waals surface area contributed by atoms with E-state index in [1.54, 1.807) is 4.90 Å². The summed E-state index contributed by atoms with van der Waals surface area (Å²) in [6, 6.07) is 0.334. The van der Waals surface area contributed by atoms with E-state index >= 15 is 0 Å². The van der Waals surface area contributed by atoms with Gasteiger partial charge in [0.05, 0.1) is 0 Å². The van der Waals surface area contributed by atoms with Crippen LogP contribution < -0.4 is 0 Å². The lowest BCUT2D eigenvalue weighted by atomic mass is 9.86. The fraction of sp³-hybridized carbons (Fsp3) is 0.900. The molecule has 0 radical (unpaired) electrons. The van der Waals surface area contributed by atoms with Crippen LogP contribution in [0.1, 0.15) is 33.1 Å². The van der Waals surface area contributed by atoms with Crippen molar-refractivity contribution in [2.75, 3.05) is 5.33 Å². The van der Waals surface area contributed by atoms with Crippen molar-refractivity contribution < 1.29 is 9.90 Å². The van der Waals surface area contributed by atoms with E-state index < -0.39 is 6.09 Å². The Hall–Kier alpha value is -0.250. The molecule has 0 spiro atoms. The maximum absolute atomic E-state index is 11.0. The Labute approximate surface area is 93.6 Å². The Morgan fingerprint density at radius 2 is 1.93 bits per heavy atom. The third-order valence-corrected chi connectivity index (χ3v) is 3.49. The number of amides is 1. The Kier molecular flexibility index (Phi) is 4.23. The molecule has 0 bridgehead atoms. The van der Waals surface area contributed by atoms with E-state index in [1.807, 2.05) is 13.8 Å². The maximum Gasteiger partial charge on any atom is 0.407 e. The first-order valence-corrected chi connectivity index (χ1v) is 6.25. The van der Waals surface area contributed by atoms with Crippen LogP contribution in [0.4, 0.5) is 4.79 Å². The van der Waals surface area contributed by atoms with Crippen molar-refractivity contribution in [2.45, 2.75) is 45.2 Å². The van der Waals surface area contributed by atoms with Gasteiger partial charge in [-0.3, -0.25) is 0 Å². The zero-order valence-electron chi connectivity index (χ0n) is 8.74. The fourth-order valence-corrected chi connectivity index (χ4v) is 3.14. The molecule has 4 heteroatoms. The summed E-state index contributed by atoms with van der Waals surface area (Å²) >= 11 is 3.44. The topological polar surface area (TPSA) is 40.5 Å². The van der Waals surface area contributed by atoms with E-state index in [2.05, 4.69) is 15.9 Å². The summed E-state index contributed by atoms with van der Waals surface area (Å²) < 4.78 is 0. The highest BCUT2D eigenvalue weighted by Gasteiger charge is 2.33. The number of carbonyl (C=O) groups is 1. The number of alkyl halides is 1. The molecule has 1 amide bonds. The van der Waals surface area contributed by atoms with Crippen molar-refractivity contribution in [3.63, 3.8) is 0 Å². The number of carboxylic acid groups (broad SMARTS) is 1. The Bertz CT molecular complexity index is 198. The van der Waals surface area contributed by atoms with Crippen LogP contribution in [-0.2, 0) is 0 Å². The number of nitrogens with zero attached hydrogens (tertiary/aromatic N) is 1. The van der Waals surface area contributed by atoms with Gasteiger partial charge in [-0.2, -0.15) is 0 Å². The van der Waals surface area contributed by atoms with Crippen LogP contribution >= 0.6 is 15.9 Å². The molecular weight excluding hydrogens is 246 g/mol. The zero-order chi connectivity index (χ0) is 10.7. The average Bonchev–Trinajstić information content (AvgIpc) is 2.01. The van der Waals surface area contributed by atoms with Gasteiger partial charge in [0.15, 0.2) is 0 Å². The third-order valence-electron chi connectivity index (χ3n) is 3.04. The molecule has 1 aliphatic heterocycles. The second-order valence-electron chi connectivity index (χ2n) is 4.20. The molecule has 0 aromatic heterocycles. The van der Waals surface area contributed by atoms with Crippen LogP contribution in [-0.4, -0.2) is 33.5 Å². The van der Waals surface area contributed by atoms with Gasteiger partial charge in [-0.1, -0.05) is 15.9 Å². The summed E-state index contributed by atoms with van der Waals surface area (Å²) in [5, 5.41) is 10.0. The summed E-state index contributed by atoms with van der Waals surface area (Å²) in [6.45, 7) is 4.01. The van der Waals surface area contributed by atoms with Crippen molar-refractivity contribution in [1.82, 2.24) is 4.90 Å². The smallest absolute Gasteiger partial charge is 0.407 e. The molecular formula is C10H18BrNO2. The van der Waals surface area contributed by atoms with Crippen molar-refractivity contribution in [3.05, 3.63) is 0 Å². The molecule has 1 saturated heterocycles. The molecule has 1 aliphatic rings. The number of rotatable bonds is 2. The lowest BCUT2D eigenvalue weighted by Gasteiger charge is -2.40. The molecule has 82 valence electrons. The fourth-order valence-electron chi connectivity index (χ4n) is 2.49. The van der Waals surface area contributed by atoms with Gasteiger partial charge >= 0.3 is 6.09 Å². The van der Waals surface area contributed by atoms with Crippen LogP contribution in [0.15, 0.2) is 0 Å². The van der Waals surface area contributed by atoms with Gasteiger partial charge in [-0.05, 0) is 39.0 Å². The highest BCUT2D eigenvalue weighted by molar-refractivity contribution is 9.09. The highest BCUT2D eigenvalue weighted by atomic mass is 79.9. The summed E-state index contributed by atoms with van der Waals surface area (Å²) in [5.74, 6) is 0.676. The van der Waals surface area contributed by atoms with E-state index in [9.17, 15) is 4.79 Å². The summed E-state index contributed by atoms with van der Waals surface area (Å²) in [4.78, 5) is 12.5. The number of hydrogen-bond acceptors (Lipinski definition) is 1. The molecule has 1 fully saturated rings. The maximum atomic E-state index is 11.0. The Balaban J connectivity index is 2.58. The Morgan fingerprint density at radius 1 is 1.43 bits per heavy atom. The van der Waals surface area contributed by atoms with Gasteiger partial charge in [0.25, 0.3) is 0 Å². The van der Waals surface area contributed by atoms with Gasteiger partial charge in [0.1, 0.15) is 0 Å². The van der Waals surface area contributed by atoms with Crippen LogP contribution in [0.3, 0.4) is 0 Å². The van der Waals surface area contributed by atoms with E-state index in [-0.39, 0.29) is 12.1 Å². The largest absolute Gasteiger partial charge is 0.465 e. The number of likely N-dealkylation sites (tertiary alicyclic amines) is 1. The van der Waals surface area contributed by atoms with Crippen molar-refractivity contribution in [3.8, 4) is 0 Å². The molecule has 0 aromatic carbocycles. The van der Waals surface area contributed by atoms with Gasteiger partial charge in [-0.25, -0.2) is 4.79 Å². The van der Waals surface area contributed by atoms with Crippen LogP contribution in [0.2, 0.25) is 0 Å². The third kappa shape index (κ3) is 2.62. The Morgan fingerprint density at radius 3 is 2.29 bits per heavy atom. The van der Waals surface area contributed by atoms with E-state index in [0.29, 0.717) is 5.92 Å². The number of hydrogen-bond donors (Lipinski definition) is 1. The monoisotopic (exact) mass is 263 g/mol. The lowest BCUT2D eigenvalue weighted by molar-refractivity contribution is 0.0634. The molecule has 2 atom stereocenters. The normalized spacial score (nSPS) is 33.1. The van der Waals surface area contributed by atoms with Gasteiger partial charge in [0.2, 0.25) is 0 Å². The molecule has 0 aromatic rings. The first kappa shape index (κ1) is 11.8. The first-order valence-electron chi connectivity index (χ1n) is 5.13. The lowest BCUT2D eigenvalue weighted by Crippen LogP contribution is -2.49. The SMILES string of the molecule is CC1CC(CCBr)CC(C)N1C(=O)O. The van der Waals surface area contributed by atoms with E-state index in [4.69, 9.17) is 5.11 Å². The molecule has 1 N–H and O–H groups in total. The second kappa shape index (κ2) is 5.01. The predicted molar refractivity (Wildman–Crippen MR) is 59.9 cm³/mol. The van der Waals surface area contributed by atoms with Crippen LogP contribution in [0, 0.1) is 5.92 Å². The second-order valence-corrected chi connectivity index (χ2v) is 5.00. The molecule has 1 rings (SSSR count). The highest BCUT2D eigenvalue weighted by Crippen LogP contribution is 2.30. The molecule has 14 heavy (non-hydrogen) atoms. The van der Waals surface area contributed by atoms with Crippen molar-refractivity contribution in [1.29, 1.82) is 0 Å². The van der Waals surface area contributed by atoms with Crippen LogP contribution in [0.25, 0.3) is 0 Å².